The van der Waals surface area contributed by atoms with Gasteiger partial charge >= 0.3 is 0 Å². The molecule has 2 aromatic rings. The molecule has 1 amide bonds. The molecule has 27 heavy (non-hydrogen) atoms. The van der Waals surface area contributed by atoms with Crippen LogP contribution in [0.2, 0.25) is 0 Å². The van der Waals surface area contributed by atoms with E-state index in [2.05, 4.69) is 10.3 Å². The van der Waals surface area contributed by atoms with Crippen molar-refractivity contribution in [2.45, 2.75) is 38.8 Å². The standard InChI is InChI=1S/C20H24N4O3/c1-15-7-8-16(13-19(15)24(26)27)20(25)23(14-17-5-2-3-11-22-17)18-6-4-10-21-12-9-18/h2-3,5,7-8,11,13,18,21H,4,6,9-10,12,14H2,1H3. The molecule has 0 radical (unpaired) electrons. The van der Waals surface area contributed by atoms with E-state index in [-0.39, 0.29) is 17.6 Å². The summed E-state index contributed by atoms with van der Waals surface area (Å²) in [6, 6.07) is 10.4. The van der Waals surface area contributed by atoms with E-state index in [1.165, 1.54) is 6.07 Å². The maximum absolute atomic E-state index is 13.3. The predicted octanol–water partition coefficient (Wildman–Crippen LogP) is 3.08. The van der Waals surface area contributed by atoms with Crippen LogP contribution in [0, 0.1) is 17.0 Å². The highest BCUT2D eigenvalue weighted by Gasteiger charge is 2.27. The molecule has 0 bridgehead atoms. The number of pyridine rings is 1. The van der Waals surface area contributed by atoms with Gasteiger partial charge in [0.05, 0.1) is 17.2 Å². The minimum Gasteiger partial charge on any atom is -0.330 e. The van der Waals surface area contributed by atoms with Crippen molar-refractivity contribution in [2.75, 3.05) is 13.1 Å². The summed E-state index contributed by atoms with van der Waals surface area (Å²) in [5.41, 5.74) is 1.68. The molecule has 142 valence electrons. The van der Waals surface area contributed by atoms with E-state index in [1.54, 1.807) is 25.3 Å². The van der Waals surface area contributed by atoms with Crippen LogP contribution < -0.4 is 5.32 Å². The monoisotopic (exact) mass is 368 g/mol. The maximum Gasteiger partial charge on any atom is 0.273 e. The molecule has 1 unspecified atom stereocenters. The summed E-state index contributed by atoms with van der Waals surface area (Å²) in [5.74, 6) is -0.185. The molecule has 1 atom stereocenters. The van der Waals surface area contributed by atoms with Gasteiger partial charge in [-0.2, -0.15) is 0 Å². The lowest BCUT2D eigenvalue weighted by Gasteiger charge is -2.31. The first-order valence-corrected chi connectivity index (χ1v) is 9.23. The molecule has 0 spiro atoms. The van der Waals surface area contributed by atoms with E-state index in [0.717, 1.165) is 38.0 Å². The highest BCUT2D eigenvalue weighted by Crippen LogP contribution is 2.23. The molecular weight excluding hydrogens is 344 g/mol. The average molecular weight is 368 g/mol. The van der Waals surface area contributed by atoms with Crippen LogP contribution in [0.3, 0.4) is 0 Å². The van der Waals surface area contributed by atoms with Gasteiger partial charge in [-0.1, -0.05) is 12.1 Å². The Morgan fingerprint density at radius 2 is 2.15 bits per heavy atom. The largest absolute Gasteiger partial charge is 0.330 e. The Bertz CT molecular complexity index is 802. The molecule has 0 aliphatic carbocycles. The molecule has 1 fully saturated rings. The molecule has 1 aromatic carbocycles. The zero-order valence-electron chi connectivity index (χ0n) is 15.4. The number of hydrogen-bond donors (Lipinski definition) is 1. The number of amides is 1. The van der Waals surface area contributed by atoms with E-state index in [0.29, 0.717) is 17.7 Å². The number of nitro groups is 1. The maximum atomic E-state index is 13.3. The molecule has 1 N–H and O–H groups in total. The number of aromatic nitrogens is 1. The van der Waals surface area contributed by atoms with Crippen LogP contribution >= 0.6 is 0 Å². The summed E-state index contributed by atoms with van der Waals surface area (Å²) in [6.45, 7) is 3.86. The van der Waals surface area contributed by atoms with Gasteiger partial charge in [-0.3, -0.25) is 19.9 Å². The molecule has 1 saturated heterocycles. The van der Waals surface area contributed by atoms with Crippen molar-refractivity contribution in [1.29, 1.82) is 0 Å². The molecule has 0 saturated carbocycles. The van der Waals surface area contributed by atoms with Crippen LogP contribution in [-0.4, -0.2) is 39.8 Å². The second-order valence-electron chi connectivity index (χ2n) is 6.85. The lowest BCUT2D eigenvalue weighted by molar-refractivity contribution is -0.385. The van der Waals surface area contributed by atoms with Crippen LogP contribution in [0.5, 0.6) is 0 Å². The Labute approximate surface area is 158 Å². The topological polar surface area (TPSA) is 88.4 Å². The second kappa shape index (κ2) is 8.73. The van der Waals surface area contributed by atoms with E-state index >= 15 is 0 Å². The van der Waals surface area contributed by atoms with Crippen LogP contribution in [0.1, 0.15) is 40.9 Å². The van der Waals surface area contributed by atoms with Gasteiger partial charge in [0.2, 0.25) is 0 Å². The van der Waals surface area contributed by atoms with Gasteiger partial charge in [0, 0.05) is 29.4 Å². The fourth-order valence-electron chi connectivity index (χ4n) is 3.45. The highest BCUT2D eigenvalue weighted by atomic mass is 16.6. The Hall–Kier alpha value is -2.80. The fourth-order valence-corrected chi connectivity index (χ4v) is 3.45. The van der Waals surface area contributed by atoms with Crippen molar-refractivity contribution in [1.82, 2.24) is 15.2 Å². The zero-order valence-corrected chi connectivity index (χ0v) is 15.4. The Balaban J connectivity index is 1.92. The van der Waals surface area contributed by atoms with Gasteiger partial charge in [0.1, 0.15) is 0 Å². The second-order valence-corrected chi connectivity index (χ2v) is 6.85. The predicted molar refractivity (Wildman–Crippen MR) is 102 cm³/mol. The molecular formula is C20H24N4O3. The van der Waals surface area contributed by atoms with Gasteiger partial charge in [0.25, 0.3) is 11.6 Å². The Morgan fingerprint density at radius 3 is 2.89 bits per heavy atom. The normalized spacial score (nSPS) is 17.1. The van der Waals surface area contributed by atoms with Crippen molar-refractivity contribution >= 4 is 11.6 Å². The van der Waals surface area contributed by atoms with Crippen molar-refractivity contribution in [3.63, 3.8) is 0 Å². The van der Waals surface area contributed by atoms with E-state index in [4.69, 9.17) is 0 Å². The first-order valence-electron chi connectivity index (χ1n) is 9.23. The molecule has 2 heterocycles. The third-order valence-corrected chi connectivity index (χ3v) is 4.96. The smallest absolute Gasteiger partial charge is 0.273 e. The van der Waals surface area contributed by atoms with E-state index in [1.807, 2.05) is 23.1 Å². The van der Waals surface area contributed by atoms with Crippen molar-refractivity contribution in [3.8, 4) is 0 Å². The Kier molecular flexibility index (Phi) is 6.13. The molecule has 1 aromatic heterocycles. The number of benzene rings is 1. The third-order valence-electron chi connectivity index (χ3n) is 4.96. The number of nitro benzene ring substituents is 1. The summed E-state index contributed by atoms with van der Waals surface area (Å²) in [5, 5.41) is 14.6. The van der Waals surface area contributed by atoms with Crippen LogP contribution in [0.25, 0.3) is 0 Å². The number of nitrogens with zero attached hydrogens (tertiary/aromatic N) is 3. The number of carbonyl (C=O) groups excluding carboxylic acids is 1. The van der Waals surface area contributed by atoms with Gasteiger partial charge in [-0.15, -0.1) is 0 Å². The third kappa shape index (κ3) is 4.68. The highest BCUT2D eigenvalue weighted by molar-refractivity contribution is 5.95. The molecule has 7 nitrogen and oxygen atoms in total. The van der Waals surface area contributed by atoms with Gasteiger partial charge in [-0.05, 0) is 57.5 Å². The fraction of sp³-hybridized carbons (Fsp3) is 0.400. The number of hydrogen-bond acceptors (Lipinski definition) is 5. The number of aryl methyl sites for hydroxylation is 1. The van der Waals surface area contributed by atoms with E-state index in [9.17, 15) is 14.9 Å². The van der Waals surface area contributed by atoms with Gasteiger partial charge in [-0.25, -0.2) is 0 Å². The first kappa shape index (κ1) is 19.0. The van der Waals surface area contributed by atoms with E-state index < -0.39 is 4.92 Å². The Morgan fingerprint density at radius 1 is 1.30 bits per heavy atom. The minimum atomic E-state index is -0.440. The number of nitrogens with one attached hydrogen (secondary N) is 1. The SMILES string of the molecule is Cc1ccc(C(=O)N(Cc2ccccn2)C2CCCNCC2)cc1[N+](=O)[O-]. The molecule has 3 rings (SSSR count). The lowest BCUT2D eigenvalue weighted by atomic mass is 10.0. The number of carbonyl (C=O) groups is 1. The van der Waals surface area contributed by atoms with Crippen LogP contribution in [0.15, 0.2) is 42.6 Å². The molecule has 1 aliphatic heterocycles. The quantitative estimate of drug-likeness (QED) is 0.647. The molecule has 7 heteroatoms. The van der Waals surface area contributed by atoms with Crippen molar-refractivity contribution in [2.24, 2.45) is 0 Å². The van der Waals surface area contributed by atoms with Crippen LogP contribution in [0.4, 0.5) is 5.69 Å². The lowest BCUT2D eigenvalue weighted by Crippen LogP contribution is -2.40. The average Bonchev–Trinajstić information content (AvgIpc) is 2.96. The summed E-state index contributed by atoms with van der Waals surface area (Å²) >= 11 is 0. The zero-order chi connectivity index (χ0) is 19.2. The van der Waals surface area contributed by atoms with Crippen LogP contribution in [-0.2, 0) is 6.54 Å². The number of rotatable bonds is 5. The molecule has 1 aliphatic rings. The van der Waals surface area contributed by atoms with Gasteiger partial charge in [0.15, 0.2) is 0 Å². The van der Waals surface area contributed by atoms with Crippen molar-refractivity contribution in [3.05, 3.63) is 69.5 Å². The summed E-state index contributed by atoms with van der Waals surface area (Å²) in [6.07, 6.45) is 4.46. The summed E-state index contributed by atoms with van der Waals surface area (Å²) in [7, 11) is 0. The minimum absolute atomic E-state index is 0.0267. The summed E-state index contributed by atoms with van der Waals surface area (Å²) in [4.78, 5) is 30.3. The van der Waals surface area contributed by atoms with Gasteiger partial charge < -0.3 is 10.2 Å². The summed E-state index contributed by atoms with van der Waals surface area (Å²) < 4.78 is 0. The first-order chi connectivity index (χ1) is 13.1. The van der Waals surface area contributed by atoms with Crippen molar-refractivity contribution < 1.29 is 9.72 Å².